The topological polar surface area (TPSA) is 80.4 Å². The highest BCUT2D eigenvalue weighted by atomic mass is 28.3. The van der Waals surface area contributed by atoms with Gasteiger partial charge in [0.1, 0.15) is 44.0 Å². The summed E-state index contributed by atoms with van der Waals surface area (Å²) in [6.07, 6.45) is 1.26. The Labute approximate surface area is 323 Å². The Morgan fingerprint density at radius 3 is 2.49 bits per heavy atom. The molecule has 0 unspecified atom stereocenters. The van der Waals surface area contributed by atoms with Crippen LogP contribution in [-0.2, 0) is 0 Å². The Bertz CT molecular complexity index is 2320. The number of halogens is 5. The van der Waals surface area contributed by atoms with Crippen molar-refractivity contribution < 1.29 is 29.4 Å². The lowest BCUT2D eigenvalue weighted by molar-refractivity contribution is 0.107. The molecule has 0 spiro atoms. The highest BCUT2D eigenvalue weighted by Gasteiger charge is 2.57. The molecule has 0 amide bonds. The Balaban J connectivity index is 1.34. The van der Waals surface area contributed by atoms with E-state index in [4.69, 9.17) is 13.2 Å². The first-order chi connectivity index (χ1) is 26.9. The molecule has 0 bridgehead atoms. The van der Waals surface area contributed by atoms with Crippen molar-refractivity contribution in [3.05, 3.63) is 47.4 Å². The fraction of sp³-hybridized carbons (Fsp3) is 0.548. The minimum atomic E-state index is -2.48. The summed E-state index contributed by atoms with van der Waals surface area (Å²) in [4.78, 5) is 17.1. The van der Waals surface area contributed by atoms with Crippen LogP contribution in [0.25, 0.3) is 32.9 Å². The molecule has 4 aromatic rings. The molecule has 0 radical (unpaired) electrons. The Hall–Kier alpha value is -4.02. The third kappa shape index (κ3) is 6.13. The van der Waals surface area contributed by atoms with Crippen molar-refractivity contribution in [2.24, 2.45) is 5.92 Å². The average Bonchev–Trinajstić information content (AvgIpc) is 3.43. The minimum Gasteiger partial charge on any atom is -0.461 e. The lowest BCUT2D eigenvalue weighted by Crippen LogP contribution is -2.43. The van der Waals surface area contributed by atoms with Crippen LogP contribution in [-0.4, -0.2) is 78.0 Å². The first kappa shape index (κ1) is 35.4. The molecule has 1 saturated carbocycles. The van der Waals surface area contributed by atoms with E-state index in [1.165, 1.54) is 18.3 Å². The summed E-state index contributed by atoms with van der Waals surface area (Å²) in [6.45, 7) is 11.2. The van der Waals surface area contributed by atoms with Crippen LogP contribution in [0.15, 0.2) is 24.4 Å². The predicted octanol–water partition coefficient (Wildman–Crippen LogP) is 9.31. The van der Waals surface area contributed by atoms with Crippen LogP contribution in [0.4, 0.5) is 33.5 Å². The number of aromatic nitrogens is 3. The van der Waals surface area contributed by atoms with Crippen LogP contribution in [0.3, 0.4) is 0 Å². The number of nitrogens with two attached hydrogens (primary N) is 1. The number of benzene rings is 2. The Kier molecular flexibility index (Phi) is 8.92. The molecular weight excluding hydrogens is 728 g/mol. The highest BCUT2D eigenvalue weighted by molar-refractivity contribution is 6.90. The summed E-state index contributed by atoms with van der Waals surface area (Å²) in [7, 11) is -2.45. The SMILES string of the molecule is [2H]C([2H])(Oc1nc(N2CCC[C@H]3[C@@H](F)[C@H]32)c2cnc(-c3cc(N)cc4cc(F)c(F)c(C#C[Si](C(C)C)(C(C)C)C(C)C)c34)c(F)c2n1)[C@@]12CCCN1C[C@H](F)C2. The largest absolute Gasteiger partial charge is 0.461 e. The van der Waals surface area contributed by atoms with Crippen molar-refractivity contribution in [3.63, 3.8) is 0 Å². The smallest absolute Gasteiger partial charge is 0.319 e. The monoisotopic (exact) mass is 778 g/mol. The first-order valence-corrected chi connectivity index (χ1v) is 21.7. The molecule has 292 valence electrons. The second kappa shape index (κ2) is 13.9. The van der Waals surface area contributed by atoms with Gasteiger partial charge in [0.25, 0.3) is 0 Å². The first-order valence-electron chi connectivity index (χ1n) is 20.5. The molecule has 2 N–H and O–H groups in total. The third-order valence-corrected chi connectivity index (χ3v) is 19.1. The van der Waals surface area contributed by atoms with Gasteiger partial charge >= 0.3 is 6.01 Å². The molecule has 4 fully saturated rings. The normalized spacial score (nSPS) is 26.0. The van der Waals surface area contributed by atoms with E-state index in [0.717, 1.165) is 6.07 Å². The summed E-state index contributed by atoms with van der Waals surface area (Å²) in [5.41, 5.74) is 8.51. The maximum absolute atomic E-state index is 17.4. The zero-order valence-electron chi connectivity index (χ0n) is 34.1. The van der Waals surface area contributed by atoms with E-state index in [1.54, 1.807) is 9.80 Å². The standard InChI is InChI=1S/C42H49F5N6OSi/c1-22(2)55(23(3)4,24(5)6)14-10-28-33-25(16-32(44)34(28)45)15-27(48)17-30(33)37-36(47)38-31(19-49-37)40(53-13-7-9-29-35(46)39(29)53)51-41(50-38)54-21-42-11-8-12-52(42)20-26(43)18-42/h15-17,19,22-24,26,29,35,39H,7-9,11-13,18,20-21,48H2,1-6H3/t26-,29+,35-,39+,42+/m1/s1/i21D2. The molecule has 1 aliphatic carbocycles. The van der Waals surface area contributed by atoms with E-state index >= 15 is 17.6 Å². The lowest BCUT2D eigenvalue weighted by atomic mass is 9.95. The number of fused-ring (bicyclic) bond motifs is 4. The van der Waals surface area contributed by atoms with Gasteiger partial charge in [-0.1, -0.05) is 47.5 Å². The summed E-state index contributed by atoms with van der Waals surface area (Å²) < 4.78 is 103. The van der Waals surface area contributed by atoms with E-state index in [2.05, 4.69) is 68.0 Å². The van der Waals surface area contributed by atoms with Crippen LogP contribution < -0.4 is 15.4 Å². The van der Waals surface area contributed by atoms with Crippen molar-refractivity contribution in [1.29, 1.82) is 0 Å². The third-order valence-electron chi connectivity index (χ3n) is 12.9. The van der Waals surface area contributed by atoms with Crippen LogP contribution in [0, 0.1) is 34.8 Å². The van der Waals surface area contributed by atoms with Crippen molar-refractivity contribution in [1.82, 2.24) is 19.9 Å². The molecule has 4 aliphatic rings. The maximum Gasteiger partial charge on any atom is 0.319 e. The molecule has 3 saturated heterocycles. The minimum absolute atomic E-state index is 0.0564. The van der Waals surface area contributed by atoms with E-state index < -0.39 is 62.0 Å². The molecule has 8 rings (SSSR count). The van der Waals surface area contributed by atoms with Crippen molar-refractivity contribution in [3.8, 4) is 28.7 Å². The van der Waals surface area contributed by atoms with Crippen LogP contribution in [0.1, 0.15) is 82.0 Å². The van der Waals surface area contributed by atoms with Gasteiger partial charge in [-0.25, -0.2) is 22.0 Å². The van der Waals surface area contributed by atoms with Gasteiger partial charge in [0.15, 0.2) is 17.5 Å². The fourth-order valence-electron chi connectivity index (χ4n) is 10.2. The second-order valence-corrected chi connectivity index (χ2v) is 22.5. The molecular formula is C42H49F5N6OSi. The Morgan fingerprint density at radius 2 is 1.76 bits per heavy atom. The second-order valence-electron chi connectivity index (χ2n) is 16.9. The van der Waals surface area contributed by atoms with Gasteiger partial charge < -0.3 is 15.4 Å². The lowest BCUT2D eigenvalue weighted by Gasteiger charge is -2.38. The van der Waals surface area contributed by atoms with E-state index in [9.17, 15) is 4.39 Å². The number of rotatable bonds is 8. The number of alkyl halides is 2. The fourth-order valence-corrected chi connectivity index (χ4v) is 15.4. The van der Waals surface area contributed by atoms with Crippen molar-refractivity contribution in [2.45, 2.75) is 114 Å². The predicted molar refractivity (Wildman–Crippen MR) is 210 cm³/mol. The zero-order chi connectivity index (χ0) is 40.9. The number of nitrogens with zero attached hydrogens (tertiary/aromatic N) is 5. The maximum atomic E-state index is 17.4. The van der Waals surface area contributed by atoms with Gasteiger partial charge in [-0.2, -0.15) is 9.97 Å². The van der Waals surface area contributed by atoms with Crippen LogP contribution >= 0.6 is 0 Å². The Morgan fingerprint density at radius 1 is 1.02 bits per heavy atom. The number of hydrogen-bond donors (Lipinski definition) is 1. The molecule has 5 heterocycles. The van der Waals surface area contributed by atoms with Gasteiger partial charge in [0.2, 0.25) is 0 Å². The van der Waals surface area contributed by atoms with Gasteiger partial charge in [0.05, 0.1) is 25.3 Å². The molecule has 55 heavy (non-hydrogen) atoms. The zero-order valence-corrected chi connectivity index (χ0v) is 33.1. The number of ether oxygens (including phenoxy) is 1. The molecule has 5 atom stereocenters. The van der Waals surface area contributed by atoms with Gasteiger partial charge in [-0.05, 0) is 72.4 Å². The average molecular weight is 779 g/mol. The number of pyridine rings is 1. The number of piperidine rings is 1. The highest BCUT2D eigenvalue weighted by Crippen LogP contribution is 2.49. The number of nitrogen functional groups attached to an aromatic ring is 1. The van der Waals surface area contributed by atoms with Crippen LogP contribution in [0.5, 0.6) is 6.01 Å². The van der Waals surface area contributed by atoms with E-state index in [1.807, 2.05) is 0 Å². The molecule has 13 heteroatoms. The van der Waals surface area contributed by atoms with Gasteiger partial charge in [0, 0.05) is 48.3 Å². The summed E-state index contributed by atoms with van der Waals surface area (Å²) >= 11 is 0. The summed E-state index contributed by atoms with van der Waals surface area (Å²) in [5.74, 6) is -0.284. The van der Waals surface area contributed by atoms with E-state index in [-0.39, 0.29) is 85.5 Å². The van der Waals surface area contributed by atoms with Crippen molar-refractivity contribution in [2.75, 3.05) is 36.8 Å². The summed E-state index contributed by atoms with van der Waals surface area (Å²) in [6, 6.07) is 2.92. The molecule has 2 aromatic carbocycles. The molecule has 2 aromatic heterocycles. The van der Waals surface area contributed by atoms with Crippen LogP contribution in [0.2, 0.25) is 16.6 Å². The molecule has 3 aliphatic heterocycles. The van der Waals surface area contributed by atoms with Gasteiger partial charge in [-0.3, -0.25) is 9.88 Å². The quantitative estimate of drug-likeness (QED) is 0.0827. The van der Waals surface area contributed by atoms with Gasteiger partial charge in [-0.15, -0.1) is 5.54 Å². The summed E-state index contributed by atoms with van der Waals surface area (Å²) in [5, 5.41) is 0.467. The molecule has 7 nitrogen and oxygen atoms in total. The number of hydrogen-bond acceptors (Lipinski definition) is 7. The number of anilines is 2. The van der Waals surface area contributed by atoms with Crippen molar-refractivity contribution >= 4 is 41.3 Å². The van der Waals surface area contributed by atoms with E-state index in [0.29, 0.717) is 38.8 Å².